The Labute approximate surface area is 204 Å². The summed E-state index contributed by atoms with van der Waals surface area (Å²) in [4.78, 5) is 3.72. The van der Waals surface area contributed by atoms with E-state index in [0.29, 0.717) is 39.1 Å². The van der Waals surface area contributed by atoms with Crippen LogP contribution in [0.25, 0.3) is 0 Å². The summed E-state index contributed by atoms with van der Waals surface area (Å²) in [6.45, 7) is -0.571. The van der Waals surface area contributed by atoms with Crippen LogP contribution in [0.2, 0.25) is 0 Å². The highest BCUT2D eigenvalue weighted by Gasteiger charge is 2.42. The van der Waals surface area contributed by atoms with Gasteiger partial charge < -0.3 is 9.80 Å². The lowest BCUT2D eigenvalue weighted by Gasteiger charge is -2.44. The zero-order valence-corrected chi connectivity index (χ0v) is 17.6. The molecule has 0 amide bonds. The van der Waals surface area contributed by atoms with Gasteiger partial charge in [-0.15, -0.1) is 0 Å². The minimum Gasteiger partial charge on any atom is -0.311 e. The van der Waals surface area contributed by atoms with E-state index >= 15 is 0 Å². The van der Waals surface area contributed by atoms with Crippen LogP contribution >= 0.6 is 0 Å². The highest BCUT2D eigenvalue weighted by Crippen LogP contribution is 2.43. The van der Waals surface area contributed by atoms with Gasteiger partial charge in [-0.25, -0.2) is 0 Å². The third kappa shape index (κ3) is 2.63. The fourth-order valence-electron chi connectivity index (χ4n) is 5.06. The van der Waals surface area contributed by atoms with Gasteiger partial charge in [-0.1, -0.05) is 78.7 Å². The molecule has 3 heteroatoms. The molecular formula is C30H21BN2. The third-order valence-electron chi connectivity index (χ3n) is 6.37. The molecule has 0 saturated carbocycles. The summed E-state index contributed by atoms with van der Waals surface area (Å²) in [6.07, 6.45) is 0. The van der Waals surface area contributed by atoms with Crippen LogP contribution in [-0.4, -0.2) is 6.71 Å². The smallest absolute Gasteiger partial charge is 0.252 e. The zero-order valence-electron chi connectivity index (χ0n) is 24.6. The number of hydrogen-bond acceptors (Lipinski definition) is 2. The van der Waals surface area contributed by atoms with Crippen molar-refractivity contribution in [2.24, 2.45) is 0 Å². The monoisotopic (exact) mass is 427 g/mol. The minimum absolute atomic E-state index is 0.0303. The van der Waals surface area contributed by atoms with Gasteiger partial charge >= 0.3 is 0 Å². The van der Waals surface area contributed by atoms with E-state index in [1.54, 1.807) is 24.3 Å². The van der Waals surface area contributed by atoms with Crippen molar-refractivity contribution in [1.29, 1.82) is 0 Å². The topological polar surface area (TPSA) is 6.48 Å². The van der Waals surface area contributed by atoms with E-state index in [1.807, 2.05) is 70.5 Å². The van der Waals surface area contributed by atoms with Crippen molar-refractivity contribution < 1.29 is 9.60 Å². The predicted molar refractivity (Wildman–Crippen MR) is 140 cm³/mol. The van der Waals surface area contributed by atoms with Crippen LogP contribution in [0.15, 0.2) is 127 Å². The normalized spacial score (nSPS) is 16.2. The maximum absolute atomic E-state index is 9.13. The lowest BCUT2D eigenvalue weighted by Crippen LogP contribution is -2.61. The molecule has 0 unspecified atom stereocenters. The number of nitrogens with zero attached hydrogens (tertiary/aromatic N) is 2. The van der Waals surface area contributed by atoms with Gasteiger partial charge in [0.25, 0.3) is 6.71 Å². The molecule has 2 aliphatic heterocycles. The highest BCUT2D eigenvalue weighted by atomic mass is 15.2. The van der Waals surface area contributed by atoms with Gasteiger partial charge in [-0.2, -0.15) is 0 Å². The van der Waals surface area contributed by atoms with Crippen molar-refractivity contribution in [3.05, 3.63) is 127 Å². The minimum atomic E-state index is -0.571. The van der Waals surface area contributed by atoms with E-state index in [-0.39, 0.29) is 42.3 Å². The summed E-state index contributed by atoms with van der Waals surface area (Å²) >= 11 is 0. The average Bonchev–Trinajstić information content (AvgIpc) is 2.96. The van der Waals surface area contributed by atoms with E-state index in [9.17, 15) is 0 Å². The molecular weight excluding hydrogens is 399 g/mol. The van der Waals surface area contributed by atoms with Crippen molar-refractivity contribution >= 4 is 57.2 Å². The first-order valence-corrected chi connectivity index (χ1v) is 10.8. The molecule has 33 heavy (non-hydrogen) atoms. The van der Waals surface area contributed by atoms with Crippen molar-refractivity contribution in [3.8, 4) is 0 Å². The number of benzene rings is 5. The van der Waals surface area contributed by atoms with Crippen LogP contribution in [0, 0.1) is 0 Å². The van der Waals surface area contributed by atoms with E-state index in [1.165, 1.54) is 0 Å². The molecule has 2 nitrogen and oxygen atoms in total. The van der Waals surface area contributed by atoms with Gasteiger partial charge in [0, 0.05) is 34.1 Å². The van der Waals surface area contributed by atoms with Crippen molar-refractivity contribution in [2.75, 3.05) is 9.80 Å². The van der Waals surface area contributed by atoms with Gasteiger partial charge in [-0.3, -0.25) is 0 Å². The largest absolute Gasteiger partial charge is 0.311 e. The standard InChI is InChI=1S/C30H21BN2/c1-3-12-22(13-4-1)32-26-18-9-7-16-24(26)31-25-17-8-10-19-27(25)33(23-14-5-2-6-15-23)29-21-11-20-28(32)30(29)31/h1-21H/i7D,8D,9D,10D,11D,20D,21D. The Bertz CT molecular complexity index is 1720. The second-order valence-corrected chi connectivity index (χ2v) is 8.10. The van der Waals surface area contributed by atoms with Crippen molar-refractivity contribution in [1.82, 2.24) is 0 Å². The Morgan fingerprint density at radius 1 is 0.485 bits per heavy atom. The first-order valence-electron chi connectivity index (χ1n) is 14.3. The summed E-state index contributed by atoms with van der Waals surface area (Å²) < 4.78 is 61.1. The highest BCUT2D eigenvalue weighted by molar-refractivity contribution is 7.00. The molecule has 0 aromatic heterocycles. The molecule has 7 rings (SSSR count). The van der Waals surface area contributed by atoms with Gasteiger partial charge in [0.1, 0.15) is 0 Å². The molecule has 154 valence electrons. The molecule has 2 aliphatic rings. The molecule has 0 spiro atoms. The fourth-order valence-corrected chi connectivity index (χ4v) is 5.06. The van der Waals surface area contributed by atoms with Gasteiger partial charge in [-0.05, 0) is 64.9 Å². The maximum Gasteiger partial charge on any atom is 0.252 e. The van der Waals surface area contributed by atoms with E-state index in [2.05, 4.69) is 0 Å². The van der Waals surface area contributed by atoms with E-state index in [0.717, 1.165) is 11.4 Å². The number of hydrogen-bond donors (Lipinski definition) is 0. The summed E-state index contributed by atoms with van der Waals surface area (Å²) in [5.41, 5.74) is 5.60. The van der Waals surface area contributed by atoms with Crippen LogP contribution in [0.1, 0.15) is 9.60 Å². The molecule has 0 aliphatic carbocycles. The lowest BCUT2D eigenvalue weighted by molar-refractivity contribution is 1.25. The molecule has 0 bridgehead atoms. The third-order valence-corrected chi connectivity index (χ3v) is 6.37. The first kappa shape index (κ1) is 12.7. The molecule has 0 fully saturated rings. The van der Waals surface area contributed by atoms with Crippen LogP contribution < -0.4 is 26.2 Å². The molecule has 0 atom stereocenters. The SMILES string of the molecule is [2H]c1cc2c(cc1[2H])N(c1ccccc1)c1c([2H])c([2H])c([2H])c3c1B2c1cc([2H])c([2H])cc1N3c1ccccc1. The number of anilines is 6. The van der Waals surface area contributed by atoms with Crippen molar-refractivity contribution in [3.63, 3.8) is 0 Å². The summed E-state index contributed by atoms with van der Waals surface area (Å²) in [5.74, 6) is 0. The fraction of sp³-hybridized carbons (Fsp3) is 0. The average molecular weight is 427 g/mol. The molecule has 5 aromatic carbocycles. The summed E-state index contributed by atoms with van der Waals surface area (Å²) in [6, 6.07) is 25.1. The lowest BCUT2D eigenvalue weighted by atomic mass is 9.33. The van der Waals surface area contributed by atoms with Crippen LogP contribution in [0.4, 0.5) is 34.1 Å². The second-order valence-electron chi connectivity index (χ2n) is 8.10. The van der Waals surface area contributed by atoms with Gasteiger partial charge in [0.2, 0.25) is 0 Å². The van der Waals surface area contributed by atoms with Crippen LogP contribution in [-0.2, 0) is 0 Å². The first-order chi connectivity index (χ1) is 19.3. The molecule has 5 aromatic rings. The zero-order chi connectivity index (χ0) is 27.9. The Morgan fingerprint density at radius 2 is 0.939 bits per heavy atom. The quantitative estimate of drug-likeness (QED) is 0.323. The Kier molecular flexibility index (Phi) is 2.75. The Hall–Kier alpha value is -4.24. The van der Waals surface area contributed by atoms with Gasteiger partial charge in [0.15, 0.2) is 0 Å². The predicted octanol–water partition coefficient (Wildman–Crippen LogP) is 5.77. The Morgan fingerprint density at radius 3 is 1.42 bits per heavy atom. The van der Waals surface area contributed by atoms with E-state index < -0.39 is 6.71 Å². The van der Waals surface area contributed by atoms with Crippen LogP contribution in [0.3, 0.4) is 0 Å². The molecule has 0 saturated heterocycles. The molecule has 0 radical (unpaired) electrons. The number of para-hydroxylation sites is 4. The van der Waals surface area contributed by atoms with Gasteiger partial charge in [0.05, 0.1) is 9.60 Å². The summed E-state index contributed by atoms with van der Waals surface area (Å²) in [7, 11) is 0. The van der Waals surface area contributed by atoms with E-state index in [4.69, 9.17) is 9.60 Å². The molecule has 0 N–H and O–H groups in total. The molecule has 2 heterocycles. The maximum atomic E-state index is 9.13. The second kappa shape index (κ2) is 7.14. The number of rotatable bonds is 2. The van der Waals surface area contributed by atoms with Crippen molar-refractivity contribution in [2.45, 2.75) is 0 Å². The number of fused-ring (bicyclic) bond motifs is 4. The summed E-state index contributed by atoms with van der Waals surface area (Å²) in [5, 5.41) is 0. The van der Waals surface area contributed by atoms with Crippen LogP contribution in [0.5, 0.6) is 0 Å². The Balaban J connectivity index is 1.69.